The van der Waals surface area contributed by atoms with Crippen LogP contribution in [0.1, 0.15) is 41.6 Å². The number of carbonyl (C=O) groups is 1. The van der Waals surface area contributed by atoms with Gasteiger partial charge in [0.25, 0.3) is 5.91 Å². The van der Waals surface area contributed by atoms with Crippen LogP contribution in [-0.2, 0) is 22.8 Å². The fraction of sp³-hybridized carbons (Fsp3) is 0.308. The number of fused-ring (bicyclic) bond motifs is 2. The van der Waals surface area contributed by atoms with E-state index < -0.39 is 9.84 Å². The number of hydrogen-bond donors (Lipinski definition) is 1. The number of nitrogens with one attached hydrogen (secondary N) is 1. The molecule has 1 N–H and O–H groups in total. The van der Waals surface area contributed by atoms with Crippen LogP contribution in [0.25, 0.3) is 20.8 Å². The van der Waals surface area contributed by atoms with Gasteiger partial charge in [0.05, 0.1) is 20.9 Å². The largest absolute Gasteiger partial charge is 0.313 e. The van der Waals surface area contributed by atoms with Gasteiger partial charge in [-0.15, -0.1) is 22.7 Å². The third-order valence-corrected chi connectivity index (χ3v) is 10.3. The van der Waals surface area contributed by atoms with E-state index in [-0.39, 0.29) is 16.6 Å². The van der Waals surface area contributed by atoms with Gasteiger partial charge in [0.2, 0.25) is 0 Å². The van der Waals surface area contributed by atoms with E-state index in [4.69, 9.17) is 4.98 Å². The number of benzene rings is 2. The second kappa shape index (κ2) is 9.46. The first kappa shape index (κ1) is 24.1. The Hall–Kier alpha value is -2.59. The Morgan fingerprint density at radius 3 is 2.54 bits per heavy atom. The molecule has 0 fully saturated rings. The number of aromatic nitrogens is 1. The van der Waals surface area contributed by atoms with Crippen molar-refractivity contribution in [3.8, 4) is 10.6 Å². The molecule has 0 radical (unpaired) electrons. The lowest BCUT2D eigenvalue weighted by Crippen LogP contribution is -2.35. The molecule has 0 unspecified atom stereocenters. The number of thiophene rings is 1. The normalized spacial score (nSPS) is 14.4. The number of carbonyl (C=O) groups excluding carboxylic acids is 1. The Morgan fingerprint density at radius 2 is 1.86 bits per heavy atom. The Bertz CT molecular complexity index is 1470. The zero-order valence-corrected chi connectivity index (χ0v) is 22.3. The molecule has 35 heavy (non-hydrogen) atoms. The summed E-state index contributed by atoms with van der Waals surface area (Å²) in [6.07, 6.45) is 0.911. The number of amides is 1. The molecule has 2 aromatic carbocycles. The van der Waals surface area contributed by atoms with E-state index in [1.165, 1.54) is 22.6 Å². The van der Waals surface area contributed by atoms with Gasteiger partial charge >= 0.3 is 0 Å². The number of rotatable bonds is 6. The molecular weight excluding hydrogens is 499 g/mol. The first-order valence-electron chi connectivity index (χ1n) is 11.7. The molecule has 1 aliphatic rings. The van der Waals surface area contributed by atoms with Crippen LogP contribution >= 0.6 is 22.7 Å². The van der Waals surface area contributed by atoms with Crippen molar-refractivity contribution in [2.24, 2.45) is 0 Å². The number of hydrogen-bond acceptors (Lipinski definition) is 7. The fourth-order valence-electron chi connectivity index (χ4n) is 4.31. The van der Waals surface area contributed by atoms with Gasteiger partial charge in [-0.3, -0.25) is 9.69 Å². The predicted octanol–water partition coefficient (Wildman–Crippen LogP) is 5.84. The summed E-state index contributed by atoms with van der Waals surface area (Å²) < 4.78 is 25.4. The molecule has 0 aliphatic carbocycles. The van der Waals surface area contributed by atoms with Crippen LogP contribution in [0.2, 0.25) is 0 Å². The van der Waals surface area contributed by atoms with Crippen molar-refractivity contribution in [1.29, 1.82) is 0 Å². The minimum Gasteiger partial charge on any atom is -0.313 e. The second-order valence-electron chi connectivity index (χ2n) is 8.89. The molecule has 1 amide bonds. The highest BCUT2D eigenvalue weighted by molar-refractivity contribution is 7.91. The third-order valence-electron chi connectivity index (χ3n) is 6.41. The van der Waals surface area contributed by atoms with Crippen molar-refractivity contribution in [2.75, 3.05) is 17.6 Å². The first-order valence-corrected chi connectivity index (χ1v) is 14.9. The molecule has 4 aromatic rings. The van der Waals surface area contributed by atoms with E-state index in [1.54, 1.807) is 41.7 Å². The number of nitrogens with zero attached hydrogens (tertiary/aromatic N) is 2. The molecule has 0 spiro atoms. The van der Waals surface area contributed by atoms with Crippen molar-refractivity contribution < 1.29 is 13.2 Å². The van der Waals surface area contributed by atoms with Gasteiger partial charge in [-0.1, -0.05) is 19.1 Å². The van der Waals surface area contributed by atoms with Crippen LogP contribution in [0.3, 0.4) is 0 Å². The van der Waals surface area contributed by atoms with Crippen molar-refractivity contribution in [3.63, 3.8) is 0 Å². The molecule has 0 saturated carbocycles. The maximum absolute atomic E-state index is 13.2. The number of para-hydroxylation sites is 1. The summed E-state index contributed by atoms with van der Waals surface area (Å²) in [5.41, 5.74) is 3.67. The summed E-state index contributed by atoms with van der Waals surface area (Å²) in [6, 6.07) is 14.7. The first-order chi connectivity index (χ1) is 16.8. The van der Waals surface area contributed by atoms with E-state index in [0.717, 1.165) is 45.3 Å². The molecule has 3 heterocycles. The quantitative estimate of drug-likeness (QED) is 0.342. The third kappa shape index (κ3) is 4.65. The summed E-state index contributed by atoms with van der Waals surface area (Å²) >= 11 is 3.26. The highest BCUT2D eigenvalue weighted by atomic mass is 32.2. The van der Waals surface area contributed by atoms with Gasteiger partial charge in [-0.05, 0) is 62.2 Å². The average molecular weight is 526 g/mol. The Kier molecular flexibility index (Phi) is 6.52. The predicted molar refractivity (Wildman–Crippen MR) is 144 cm³/mol. The highest BCUT2D eigenvalue weighted by Crippen LogP contribution is 2.46. The summed E-state index contributed by atoms with van der Waals surface area (Å²) in [5, 5.41) is 4.84. The molecule has 2 aromatic heterocycles. The topological polar surface area (TPSA) is 79.4 Å². The molecule has 9 heteroatoms. The number of anilines is 1. The van der Waals surface area contributed by atoms with E-state index in [0.29, 0.717) is 11.6 Å². The molecule has 5 rings (SSSR count). The summed E-state index contributed by atoms with van der Waals surface area (Å²) in [4.78, 5) is 22.0. The van der Waals surface area contributed by atoms with Crippen molar-refractivity contribution in [3.05, 3.63) is 64.5 Å². The molecule has 6 nitrogen and oxygen atoms in total. The standard InChI is InChI=1S/C26H27N3O3S3/c1-4-35(31,32)18-11-9-17(10-12-18)24(30)28-26-23(25-27-20-7-5-6-8-21(20)33-25)19-13-14-29(16(2)3)15-22(19)34-26/h5-12,16H,4,13-15H2,1-3H3,(H,28,30). The van der Waals surface area contributed by atoms with Crippen LogP contribution in [0, 0.1) is 0 Å². The second-order valence-corrected chi connectivity index (χ2v) is 13.3. The Morgan fingerprint density at radius 1 is 1.11 bits per heavy atom. The molecule has 1 aliphatic heterocycles. The van der Waals surface area contributed by atoms with E-state index in [9.17, 15) is 13.2 Å². The van der Waals surface area contributed by atoms with Crippen LogP contribution in [0.4, 0.5) is 5.00 Å². The Balaban J connectivity index is 1.52. The lowest BCUT2D eigenvalue weighted by molar-refractivity contribution is 0.102. The van der Waals surface area contributed by atoms with Gasteiger partial charge < -0.3 is 5.32 Å². The average Bonchev–Trinajstić information content (AvgIpc) is 3.44. The number of thiazole rings is 1. The zero-order valence-electron chi connectivity index (χ0n) is 19.9. The van der Waals surface area contributed by atoms with Crippen molar-refractivity contribution in [1.82, 2.24) is 9.88 Å². The van der Waals surface area contributed by atoms with Gasteiger partial charge in [0.15, 0.2) is 9.84 Å². The van der Waals surface area contributed by atoms with Crippen LogP contribution in [-0.4, -0.2) is 42.5 Å². The summed E-state index contributed by atoms with van der Waals surface area (Å²) in [7, 11) is -3.31. The highest BCUT2D eigenvalue weighted by Gasteiger charge is 2.28. The lowest BCUT2D eigenvalue weighted by Gasteiger charge is -2.30. The zero-order chi connectivity index (χ0) is 24.7. The maximum atomic E-state index is 13.2. The van der Waals surface area contributed by atoms with Gasteiger partial charge in [-0.25, -0.2) is 13.4 Å². The fourth-order valence-corrected chi connectivity index (χ4v) is 7.58. The summed E-state index contributed by atoms with van der Waals surface area (Å²) in [6.45, 7) is 7.85. The van der Waals surface area contributed by atoms with Gasteiger partial charge in [-0.2, -0.15) is 0 Å². The molecule has 0 bridgehead atoms. The SMILES string of the molecule is CCS(=O)(=O)c1ccc(C(=O)Nc2sc3c(c2-c2nc4ccccc4s2)CCN(C(C)C)C3)cc1. The summed E-state index contributed by atoms with van der Waals surface area (Å²) in [5.74, 6) is -0.231. The van der Waals surface area contributed by atoms with Gasteiger partial charge in [0, 0.05) is 35.1 Å². The van der Waals surface area contributed by atoms with Crippen molar-refractivity contribution in [2.45, 2.75) is 44.7 Å². The van der Waals surface area contributed by atoms with Crippen molar-refractivity contribution >= 4 is 53.6 Å². The minimum absolute atomic E-state index is 0.0260. The Labute approximate surface area is 213 Å². The molecular formula is C26H27N3O3S3. The van der Waals surface area contributed by atoms with E-state index >= 15 is 0 Å². The van der Waals surface area contributed by atoms with Crippen LogP contribution < -0.4 is 5.32 Å². The molecule has 182 valence electrons. The van der Waals surface area contributed by atoms with Crippen LogP contribution in [0.15, 0.2) is 53.4 Å². The van der Waals surface area contributed by atoms with Crippen LogP contribution in [0.5, 0.6) is 0 Å². The lowest BCUT2D eigenvalue weighted by atomic mass is 10.0. The monoisotopic (exact) mass is 525 g/mol. The smallest absolute Gasteiger partial charge is 0.256 e. The molecule has 0 saturated heterocycles. The van der Waals surface area contributed by atoms with E-state index in [1.807, 2.05) is 18.2 Å². The van der Waals surface area contributed by atoms with Gasteiger partial charge in [0.1, 0.15) is 10.0 Å². The maximum Gasteiger partial charge on any atom is 0.256 e. The number of sulfone groups is 1. The van der Waals surface area contributed by atoms with E-state index in [2.05, 4.69) is 30.1 Å². The molecule has 0 atom stereocenters. The minimum atomic E-state index is -3.31.